The summed E-state index contributed by atoms with van der Waals surface area (Å²) in [5.74, 6) is 0.171. The fraction of sp³-hybridized carbons (Fsp3) is 0.286. The van der Waals surface area contributed by atoms with E-state index in [9.17, 15) is 9.59 Å². The van der Waals surface area contributed by atoms with E-state index < -0.39 is 6.04 Å². The van der Waals surface area contributed by atoms with Gasteiger partial charge >= 0.3 is 0 Å². The predicted molar refractivity (Wildman–Crippen MR) is 112 cm³/mol. The smallest absolute Gasteiger partial charge is 0.257 e. The largest absolute Gasteiger partial charge is 0.497 e. The Morgan fingerprint density at radius 2 is 1.86 bits per heavy atom. The zero-order valence-corrected chi connectivity index (χ0v) is 16.7. The summed E-state index contributed by atoms with van der Waals surface area (Å²) in [4.78, 5) is 28.8. The van der Waals surface area contributed by atoms with Crippen molar-refractivity contribution >= 4 is 34.8 Å². The maximum absolute atomic E-state index is 13.1. The van der Waals surface area contributed by atoms with Crippen LogP contribution in [0.15, 0.2) is 54.6 Å². The summed E-state index contributed by atoms with van der Waals surface area (Å²) in [6.07, 6.45) is 0.824. The maximum Gasteiger partial charge on any atom is 0.257 e. The van der Waals surface area contributed by atoms with E-state index in [1.807, 2.05) is 35.2 Å². The summed E-state index contributed by atoms with van der Waals surface area (Å²) < 4.78 is 5.14. The number of thiocarbonyl (C=S) groups is 1. The van der Waals surface area contributed by atoms with Gasteiger partial charge in [0, 0.05) is 13.6 Å². The van der Waals surface area contributed by atoms with Crippen LogP contribution in [0.5, 0.6) is 5.75 Å². The van der Waals surface area contributed by atoms with Gasteiger partial charge in [0.05, 0.1) is 19.2 Å². The van der Waals surface area contributed by atoms with Gasteiger partial charge in [0.2, 0.25) is 5.91 Å². The molecule has 6 nitrogen and oxygen atoms in total. The third-order valence-corrected chi connectivity index (χ3v) is 5.23. The summed E-state index contributed by atoms with van der Waals surface area (Å²) in [6.45, 7) is 0.545. The molecular weight excluding hydrogens is 374 g/mol. The van der Waals surface area contributed by atoms with Crippen LogP contribution in [-0.4, -0.2) is 48.6 Å². The quantitative estimate of drug-likeness (QED) is 0.597. The van der Waals surface area contributed by atoms with Crippen molar-refractivity contribution in [2.45, 2.75) is 18.9 Å². The minimum absolute atomic E-state index is 0.0987. The van der Waals surface area contributed by atoms with Gasteiger partial charge in [0.25, 0.3) is 5.91 Å². The highest BCUT2D eigenvalue weighted by molar-refractivity contribution is 7.80. The molecule has 1 fully saturated rings. The van der Waals surface area contributed by atoms with Crippen molar-refractivity contribution in [2.75, 3.05) is 25.6 Å². The lowest BCUT2D eigenvalue weighted by Crippen LogP contribution is -2.49. The molecule has 3 rings (SSSR count). The Labute approximate surface area is 170 Å². The third kappa shape index (κ3) is 4.14. The van der Waals surface area contributed by atoms with Gasteiger partial charge < -0.3 is 15.0 Å². The Morgan fingerprint density at radius 1 is 1.18 bits per heavy atom. The van der Waals surface area contributed by atoms with Crippen molar-refractivity contribution in [1.29, 1.82) is 0 Å². The van der Waals surface area contributed by atoms with Crippen LogP contribution in [0.1, 0.15) is 12.0 Å². The van der Waals surface area contributed by atoms with Crippen molar-refractivity contribution in [3.63, 3.8) is 0 Å². The van der Waals surface area contributed by atoms with Crippen LogP contribution in [0.2, 0.25) is 0 Å². The van der Waals surface area contributed by atoms with Gasteiger partial charge in [0.1, 0.15) is 11.8 Å². The Hall–Kier alpha value is -2.93. The number of benzene rings is 2. The Bertz CT molecular complexity index is 855. The van der Waals surface area contributed by atoms with E-state index in [0.717, 1.165) is 12.0 Å². The van der Waals surface area contributed by atoms with Gasteiger partial charge in [-0.3, -0.25) is 9.59 Å². The molecule has 0 saturated carbocycles. The standard InChI is InChI=1S/C21H23N3O3S/c1-22-21(28)23(13-12-15-6-4-3-5-7-15)18-14-19(25)24(20(18)26)16-8-10-17(27-2)11-9-16/h3-11,18H,12-14H2,1-2H3,(H,22,28)/t18-/m1/s1. The van der Waals surface area contributed by atoms with E-state index in [-0.39, 0.29) is 18.2 Å². The molecule has 0 aromatic heterocycles. The van der Waals surface area contributed by atoms with Crippen molar-refractivity contribution in [1.82, 2.24) is 10.2 Å². The molecule has 1 heterocycles. The second kappa shape index (κ2) is 8.84. The average Bonchev–Trinajstić information content (AvgIpc) is 3.02. The molecule has 2 amide bonds. The number of nitrogens with zero attached hydrogens (tertiary/aromatic N) is 2. The third-order valence-electron chi connectivity index (χ3n) is 4.79. The normalized spacial score (nSPS) is 16.2. The van der Waals surface area contributed by atoms with E-state index in [0.29, 0.717) is 23.1 Å². The topological polar surface area (TPSA) is 61.9 Å². The molecule has 1 aliphatic rings. The first kappa shape index (κ1) is 19.8. The highest BCUT2D eigenvalue weighted by Crippen LogP contribution is 2.27. The Balaban J connectivity index is 1.79. The predicted octanol–water partition coefficient (Wildman–Crippen LogP) is 2.38. The highest BCUT2D eigenvalue weighted by Gasteiger charge is 2.43. The number of imide groups is 1. The second-order valence-corrected chi connectivity index (χ2v) is 6.86. The number of amides is 2. The van der Waals surface area contributed by atoms with Crippen LogP contribution in [0.3, 0.4) is 0 Å². The van der Waals surface area contributed by atoms with E-state index in [4.69, 9.17) is 17.0 Å². The van der Waals surface area contributed by atoms with Crippen LogP contribution in [0, 0.1) is 0 Å². The first-order valence-corrected chi connectivity index (χ1v) is 9.49. The molecule has 2 aromatic rings. The molecule has 1 atom stereocenters. The molecule has 2 aromatic carbocycles. The highest BCUT2D eigenvalue weighted by atomic mass is 32.1. The molecule has 0 radical (unpaired) electrons. The van der Waals surface area contributed by atoms with Gasteiger partial charge in [-0.25, -0.2) is 4.90 Å². The van der Waals surface area contributed by atoms with Crippen LogP contribution in [0.4, 0.5) is 5.69 Å². The fourth-order valence-electron chi connectivity index (χ4n) is 3.30. The summed E-state index contributed by atoms with van der Waals surface area (Å²) in [6, 6.07) is 16.3. The first-order valence-electron chi connectivity index (χ1n) is 9.08. The fourth-order valence-corrected chi connectivity index (χ4v) is 3.52. The number of hydrogen-bond donors (Lipinski definition) is 1. The minimum atomic E-state index is -0.613. The molecule has 0 aliphatic carbocycles. The number of nitrogens with one attached hydrogen (secondary N) is 1. The molecule has 146 valence electrons. The molecular formula is C21H23N3O3S. The van der Waals surface area contributed by atoms with Gasteiger partial charge in [-0.2, -0.15) is 0 Å². The zero-order chi connectivity index (χ0) is 20.1. The maximum atomic E-state index is 13.1. The van der Waals surface area contributed by atoms with E-state index >= 15 is 0 Å². The lowest BCUT2D eigenvalue weighted by Gasteiger charge is -2.29. The molecule has 0 unspecified atom stereocenters. The lowest BCUT2D eigenvalue weighted by molar-refractivity contribution is -0.122. The van der Waals surface area contributed by atoms with Crippen LogP contribution in [-0.2, 0) is 16.0 Å². The van der Waals surface area contributed by atoms with Crippen LogP contribution >= 0.6 is 12.2 Å². The number of hydrogen-bond acceptors (Lipinski definition) is 4. The summed E-state index contributed by atoms with van der Waals surface area (Å²) in [5, 5.41) is 3.40. The zero-order valence-electron chi connectivity index (χ0n) is 15.9. The monoisotopic (exact) mass is 397 g/mol. The van der Waals surface area contributed by atoms with Gasteiger partial charge in [-0.1, -0.05) is 30.3 Å². The van der Waals surface area contributed by atoms with Crippen LogP contribution < -0.4 is 15.0 Å². The number of ether oxygens (including phenoxy) is 1. The molecule has 28 heavy (non-hydrogen) atoms. The number of carbonyl (C=O) groups is 2. The van der Waals surface area contributed by atoms with Crippen molar-refractivity contribution in [2.24, 2.45) is 0 Å². The molecule has 1 saturated heterocycles. The Morgan fingerprint density at radius 3 is 2.46 bits per heavy atom. The molecule has 0 spiro atoms. The molecule has 7 heteroatoms. The molecule has 1 N–H and O–H groups in total. The number of carbonyl (C=O) groups excluding carboxylic acids is 2. The summed E-state index contributed by atoms with van der Waals surface area (Å²) in [5.41, 5.74) is 1.69. The second-order valence-electron chi connectivity index (χ2n) is 6.47. The van der Waals surface area contributed by atoms with Crippen molar-refractivity contribution < 1.29 is 14.3 Å². The Kier molecular flexibility index (Phi) is 6.26. The lowest BCUT2D eigenvalue weighted by atomic mass is 10.1. The SMILES string of the molecule is CNC(=S)N(CCc1ccccc1)[C@@H]1CC(=O)N(c2ccc(OC)cc2)C1=O. The summed E-state index contributed by atoms with van der Waals surface area (Å²) >= 11 is 5.42. The van der Waals surface area contributed by atoms with E-state index in [2.05, 4.69) is 5.32 Å². The number of rotatable bonds is 6. The minimum Gasteiger partial charge on any atom is -0.497 e. The average molecular weight is 398 g/mol. The van der Waals surface area contributed by atoms with E-state index in [1.165, 1.54) is 4.90 Å². The van der Waals surface area contributed by atoms with Gasteiger partial charge in [-0.05, 0) is 48.5 Å². The van der Waals surface area contributed by atoms with Crippen LogP contribution in [0.25, 0.3) is 0 Å². The van der Waals surface area contributed by atoms with Gasteiger partial charge in [0.15, 0.2) is 5.11 Å². The molecule has 0 bridgehead atoms. The number of methoxy groups -OCH3 is 1. The van der Waals surface area contributed by atoms with E-state index in [1.54, 1.807) is 38.4 Å². The summed E-state index contributed by atoms with van der Waals surface area (Å²) in [7, 11) is 3.29. The van der Waals surface area contributed by atoms with Gasteiger partial charge in [-0.15, -0.1) is 0 Å². The first-order chi connectivity index (χ1) is 13.5. The number of anilines is 1. The van der Waals surface area contributed by atoms with Crippen molar-refractivity contribution in [3.8, 4) is 5.75 Å². The molecule has 1 aliphatic heterocycles. The van der Waals surface area contributed by atoms with Crippen molar-refractivity contribution in [3.05, 3.63) is 60.2 Å².